The molecule has 1 unspecified atom stereocenters. The van der Waals surface area contributed by atoms with Crippen molar-refractivity contribution in [1.29, 1.82) is 0 Å². The summed E-state index contributed by atoms with van der Waals surface area (Å²) in [6.07, 6.45) is 1.29. The van der Waals surface area contributed by atoms with E-state index < -0.39 is 0 Å². The number of likely N-dealkylation sites (N-methyl/N-ethyl adjacent to an activating group) is 1. The molecule has 4 rings (SSSR count). The molecule has 0 radical (unpaired) electrons. The van der Waals surface area contributed by atoms with Crippen LogP contribution in [0.1, 0.15) is 23.8 Å². The van der Waals surface area contributed by atoms with Gasteiger partial charge in [0.25, 0.3) is 0 Å². The Hall–Kier alpha value is -1.89. The molecule has 0 aliphatic carbocycles. The lowest BCUT2D eigenvalue weighted by Gasteiger charge is -2.41. The van der Waals surface area contributed by atoms with Gasteiger partial charge in [-0.15, -0.1) is 11.3 Å². The van der Waals surface area contributed by atoms with Crippen molar-refractivity contribution in [3.05, 3.63) is 40.8 Å². The van der Waals surface area contributed by atoms with E-state index in [9.17, 15) is 0 Å². The van der Waals surface area contributed by atoms with Crippen molar-refractivity contribution in [2.45, 2.75) is 32.4 Å². The number of benzene rings is 1. The highest BCUT2D eigenvalue weighted by molar-refractivity contribution is 7.16. The molecule has 0 spiro atoms. The van der Waals surface area contributed by atoms with Crippen LogP contribution in [0.3, 0.4) is 0 Å². The van der Waals surface area contributed by atoms with Crippen LogP contribution in [-0.4, -0.2) is 61.6 Å². The first-order valence-electron chi connectivity index (χ1n) is 9.58. The lowest BCUT2D eigenvalue weighted by molar-refractivity contribution is 0.0565. The number of nitrogens with zero attached hydrogens (tertiary/aromatic N) is 3. The number of nitrogens with one attached hydrogen (secondary N) is 1. The van der Waals surface area contributed by atoms with Gasteiger partial charge in [-0.1, -0.05) is 12.1 Å². The van der Waals surface area contributed by atoms with E-state index in [1.165, 1.54) is 15.4 Å². The fourth-order valence-electron chi connectivity index (χ4n) is 3.86. The fraction of sp³-hybridized carbons (Fsp3) is 0.476. The Kier molecular flexibility index (Phi) is 5.21. The maximum absolute atomic E-state index is 5.52. The van der Waals surface area contributed by atoms with Gasteiger partial charge >= 0.3 is 0 Å². The molecule has 1 saturated heterocycles. The number of methoxy groups -OCH3 is 1. The first-order valence-corrected chi connectivity index (χ1v) is 10.4. The van der Waals surface area contributed by atoms with Crippen molar-refractivity contribution < 1.29 is 4.74 Å². The van der Waals surface area contributed by atoms with Crippen LogP contribution in [0.4, 0.5) is 16.4 Å². The highest BCUT2D eigenvalue weighted by Gasteiger charge is 2.30. The largest absolute Gasteiger partial charge is 0.382 e. The minimum Gasteiger partial charge on any atom is -0.382 e. The molecule has 1 aromatic carbocycles. The molecule has 6 heteroatoms. The number of fused-ring (bicyclic) bond motifs is 2. The zero-order valence-electron chi connectivity index (χ0n) is 16.5. The zero-order chi connectivity index (χ0) is 19.0. The average Bonchev–Trinajstić information content (AvgIpc) is 2.95. The van der Waals surface area contributed by atoms with Crippen molar-refractivity contribution in [3.63, 3.8) is 0 Å². The van der Waals surface area contributed by atoms with E-state index in [-0.39, 0.29) is 6.10 Å². The summed E-state index contributed by atoms with van der Waals surface area (Å²) in [6.45, 7) is 7.31. The van der Waals surface area contributed by atoms with Gasteiger partial charge in [0, 0.05) is 37.7 Å². The van der Waals surface area contributed by atoms with Crippen LogP contribution in [0, 0.1) is 6.92 Å². The third kappa shape index (κ3) is 3.74. The second-order valence-corrected chi connectivity index (χ2v) is 8.80. The number of hydrogen-bond acceptors (Lipinski definition) is 6. The van der Waals surface area contributed by atoms with Crippen LogP contribution in [0.5, 0.6) is 0 Å². The summed E-state index contributed by atoms with van der Waals surface area (Å²) in [6, 6.07) is 11.0. The number of thiophene rings is 1. The number of ether oxygens (including phenoxy) is 1. The van der Waals surface area contributed by atoms with Gasteiger partial charge in [-0.3, -0.25) is 4.90 Å². The normalized spacial score (nSPS) is 21.0. The van der Waals surface area contributed by atoms with Crippen molar-refractivity contribution >= 4 is 33.5 Å². The van der Waals surface area contributed by atoms with Crippen LogP contribution in [0.15, 0.2) is 35.3 Å². The minimum atomic E-state index is 0.259. The Morgan fingerprint density at radius 2 is 2.15 bits per heavy atom. The predicted octanol–water partition coefficient (Wildman–Crippen LogP) is 4.23. The Labute approximate surface area is 165 Å². The zero-order valence-corrected chi connectivity index (χ0v) is 17.3. The van der Waals surface area contributed by atoms with Crippen LogP contribution in [-0.2, 0) is 4.74 Å². The number of anilines is 2. The molecule has 0 saturated carbocycles. The summed E-state index contributed by atoms with van der Waals surface area (Å²) in [4.78, 5) is 11.3. The van der Waals surface area contributed by atoms with Gasteiger partial charge in [0.05, 0.1) is 23.0 Å². The molecule has 2 aromatic rings. The van der Waals surface area contributed by atoms with Gasteiger partial charge in [0.1, 0.15) is 10.8 Å². The number of amidine groups is 1. The topological polar surface area (TPSA) is 40.1 Å². The minimum absolute atomic E-state index is 0.259. The summed E-state index contributed by atoms with van der Waals surface area (Å²) in [5, 5.41) is 4.79. The highest BCUT2D eigenvalue weighted by atomic mass is 32.1. The second kappa shape index (κ2) is 7.62. The summed E-state index contributed by atoms with van der Waals surface area (Å²) >= 11 is 1.80. The lowest BCUT2D eigenvalue weighted by Crippen LogP contribution is -2.54. The first kappa shape index (κ1) is 18.5. The van der Waals surface area contributed by atoms with Gasteiger partial charge in [0.15, 0.2) is 0 Å². The molecule has 1 aromatic heterocycles. The highest BCUT2D eigenvalue weighted by Crippen LogP contribution is 2.39. The number of piperazine rings is 1. The average molecular weight is 385 g/mol. The van der Waals surface area contributed by atoms with E-state index >= 15 is 0 Å². The van der Waals surface area contributed by atoms with Crippen LogP contribution >= 0.6 is 11.3 Å². The lowest BCUT2D eigenvalue weighted by atomic mass is 10.0. The standard InChI is InChI=1S/C21H28N4OS/c1-14(26-4)11-16-13-25(10-9-24(16)3)20-17-12-15(2)27-21(17)23-19-8-6-5-7-18(19)22-20/h5-8,12,14,16,23H,9-11,13H2,1-4H3/t14?,16-/m0/s1. The summed E-state index contributed by atoms with van der Waals surface area (Å²) < 4.78 is 5.52. The number of rotatable bonds is 3. The molecular weight excluding hydrogens is 356 g/mol. The van der Waals surface area contributed by atoms with Crippen LogP contribution in [0.2, 0.25) is 0 Å². The molecule has 2 atom stereocenters. The van der Waals surface area contributed by atoms with Gasteiger partial charge in [-0.2, -0.15) is 0 Å². The molecule has 2 aliphatic heterocycles. The summed E-state index contributed by atoms with van der Waals surface area (Å²) in [5.41, 5.74) is 3.31. The Balaban J connectivity index is 1.69. The number of hydrogen-bond donors (Lipinski definition) is 1. The van der Waals surface area contributed by atoms with E-state index in [1.54, 1.807) is 18.4 Å². The molecule has 27 heavy (non-hydrogen) atoms. The number of para-hydroxylation sites is 2. The SMILES string of the molecule is COC(C)C[C@H]1CN(C2=Nc3ccccc3Nc3sc(C)cc32)CCN1C. The Bertz CT molecular complexity index is 846. The van der Waals surface area contributed by atoms with Crippen molar-refractivity contribution in [2.24, 2.45) is 4.99 Å². The van der Waals surface area contributed by atoms with E-state index in [2.05, 4.69) is 66.3 Å². The quantitative estimate of drug-likeness (QED) is 0.860. The molecule has 2 aliphatic rings. The monoisotopic (exact) mass is 384 g/mol. The van der Waals surface area contributed by atoms with E-state index in [0.29, 0.717) is 6.04 Å². The van der Waals surface area contributed by atoms with Gasteiger partial charge in [0.2, 0.25) is 0 Å². The molecule has 144 valence electrons. The van der Waals surface area contributed by atoms with Gasteiger partial charge < -0.3 is 15.0 Å². The van der Waals surface area contributed by atoms with Crippen molar-refractivity contribution in [3.8, 4) is 0 Å². The van der Waals surface area contributed by atoms with Crippen molar-refractivity contribution in [2.75, 3.05) is 39.1 Å². The molecule has 5 nitrogen and oxygen atoms in total. The Morgan fingerprint density at radius 3 is 2.96 bits per heavy atom. The smallest absolute Gasteiger partial charge is 0.139 e. The summed E-state index contributed by atoms with van der Waals surface area (Å²) in [7, 11) is 4.01. The van der Waals surface area contributed by atoms with Crippen LogP contribution < -0.4 is 5.32 Å². The molecular formula is C21H28N4OS. The first-order chi connectivity index (χ1) is 13.0. The van der Waals surface area contributed by atoms with E-state index in [4.69, 9.17) is 9.73 Å². The Morgan fingerprint density at radius 1 is 1.33 bits per heavy atom. The van der Waals surface area contributed by atoms with Gasteiger partial charge in [-0.05, 0) is 45.5 Å². The third-order valence-electron chi connectivity index (χ3n) is 5.56. The van der Waals surface area contributed by atoms with E-state index in [1.807, 2.05) is 0 Å². The molecule has 0 bridgehead atoms. The second-order valence-electron chi connectivity index (χ2n) is 7.54. The maximum atomic E-state index is 5.52. The van der Waals surface area contributed by atoms with E-state index in [0.717, 1.165) is 43.3 Å². The van der Waals surface area contributed by atoms with Crippen LogP contribution in [0.25, 0.3) is 0 Å². The predicted molar refractivity (Wildman–Crippen MR) is 114 cm³/mol. The van der Waals surface area contributed by atoms with Gasteiger partial charge in [-0.25, -0.2) is 4.99 Å². The molecule has 3 heterocycles. The molecule has 1 fully saturated rings. The molecule has 0 amide bonds. The van der Waals surface area contributed by atoms with Crippen molar-refractivity contribution in [1.82, 2.24) is 9.80 Å². The maximum Gasteiger partial charge on any atom is 0.139 e. The molecule has 1 N–H and O–H groups in total. The third-order valence-corrected chi connectivity index (χ3v) is 6.52. The fourth-order valence-corrected chi connectivity index (χ4v) is 4.78. The number of aliphatic imine (C=N–C) groups is 1. The number of aryl methyl sites for hydroxylation is 1. The summed E-state index contributed by atoms with van der Waals surface area (Å²) in [5.74, 6) is 1.09.